The number of aromatic nitrogens is 5. The van der Waals surface area contributed by atoms with Crippen LogP contribution in [0, 0.1) is 0 Å². The molecule has 0 spiro atoms. The lowest BCUT2D eigenvalue weighted by atomic mass is 10.1. The minimum atomic E-state index is 0.0542. The Bertz CT molecular complexity index is 922. The van der Waals surface area contributed by atoms with E-state index in [1.165, 1.54) is 36.1 Å². The van der Waals surface area contributed by atoms with Crippen molar-refractivity contribution in [3.05, 3.63) is 47.2 Å². The maximum absolute atomic E-state index is 12.9. The van der Waals surface area contributed by atoms with E-state index in [-0.39, 0.29) is 5.91 Å². The Labute approximate surface area is 138 Å². The lowest BCUT2D eigenvalue weighted by Gasteiger charge is -2.20. The molecule has 5 rings (SSSR count). The summed E-state index contributed by atoms with van der Waals surface area (Å²) in [5.74, 6) is 0.695. The first-order valence-electron chi connectivity index (χ1n) is 8.44. The lowest BCUT2D eigenvalue weighted by Crippen LogP contribution is -2.33. The van der Waals surface area contributed by atoms with Crippen molar-refractivity contribution >= 4 is 11.6 Å². The number of carbonyl (C=O) groups is 1. The molecule has 3 aromatic rings. The van der Waals surface area contributed by atoms with Crippen LogP contribution in [0.3, 0.4) is 0 Å². The van der Waals surface area contributed by atoms with Crippen molar-refractivity contribution in [2.24, 2.45) is 0 Å². The van der Waals surface area contributed by atoms with Crippen LogP contribution in [0.2, 0.25) is 0 Å². The van der Waals surface area contributed by atoms with Gasteiger partial charge < -0.3 is 4.90 Å². The zero-order valence-electron chi connectivity index (χ0n) is 13.3. The summed E-state index contributed by atoms with van der Waals surface area (Å²) in [6, 6.07) is 3.66. The van der Waals surface area contributed by atoms with Gasteiger partial charge in [0.15, 0.2) is 5.65 Å². The van der Waals surface area contributed by atoms with Gasteiger partial charge in [-0.05, 0) is 37.0 Å². The number of hydrogen-bond donors (Lipinski definition) is 1. The first kappa shape index (κ1) is 13.7. The number of pyridine rings is 1. The van der Waals surface area contributed by atoms with Gasteiger partial charge in [-0.1, -0.05) is 0 Å². The van der Waals surface area contributed by atoms with Crippen molar-refractivity contribution in [2.75, 3.05) is 13.1 Å². The molecule has 1 aliphatic carbocycles. The van der Waals surface area contributed by atoms with Crippen LogP contribution < -0.4 is 0 Å². The maximum Gasteiger partial charge on any atom is 0.255 e. The van der Waals surface area contributed by atoms with E-state index in [1.54, 1.807) is 10.7 Å². The minimum absolute atomic E-state index is 0.0542. The highest BCUT2D eigenvalue weighted by Gasteiger charge is 2.31. The van der Waals surface area contributed by atoms with E-state index in [2.05, 4.69) is 20.3 Å². The Morgan fingerprint density at radius 3 is 2.96 bits per heavy atom. The third-order valence-corrected chi connectivity index (χ3v) is 5.02. The molecule has 0 unspecified atom stereocenters. The van der Waals surface area contributed by atoms with E-state index >= 15 is 0 Å². The smallest absolute Gasteiger partial charge is 0.255 e. The average Bonchev–Trinajstić information content (AvgIpc) is 3.27. The number of aromatic amines is 1. The maximum atomic E-state index is 12.9. The summed E-state index contributed by atoms with van der Waals surface area (Å²) in [7, 11) is 0. The number of hydrogen-bond acceptors (Lipinski definition) is 4. The topological polar surface area (TPSA) is 79.2 Å². The molecule has 4 heterocycles. The molecule has 0 saturated heterocycles. The predicted octanol–water partition coefficient (Wildman–Crippen LogP) is 1.57. The lowest BCUT2D eigenvalue weighted by molar-refractivity contribution is 0.0762. The standard InChI is InChI=1S/C17H18N6O/c24-17(12-3-4-15-18-10-19-23(15)9-12)22-7-5-13-14(6-8-22)20-21-16(13)11-1-2-11/h3-4,9-11H,1-2,5-8H2,(H,20,21). The van der Waals surface area contributed by atoms with E-state index in [9.17, 15) is 4.79 Å². The van der Waals surface area contributed by atoms with Gasteiger partial charge in [0.2, 0.25) is 0 Å². The summed E-state index contributed by atoms with van der Waals surface area (Å²) in [6.45, 7) is 1.45. The van der Waals surface area contributed by atoms with Gasteiger partial charge in [-0.2, -0.15) is 10.2 Å². The van der Waals surface area contributed by atoms with Gasteiger partial charge in [0, 0.05) is 37.3 Å². The Kier molecular flexibility index (Phi) is 2.95. The van der Waals surface area contributed by atoms with Crippen molar-refractivity contribution in [3.63, 3.8) is 0 Å². The van der Waals surface area contributed by atoms with Crippen molar-refractivity contribution in [1.82, 2.24) is 29.7 Å². The van der Waals surface area contributed by atoms with Crippen LogP contribution in [0.1, 0.15) is 46.1 Å². The van der Waals surface area contributed by atoms with E-state index in [4.69, 9.17) is 0 Å². The van der Waals surface area contributed by atoms with Crippen molar-refractivity contribution < 1.29 is 4.79 Å². The molecule has 0 radical (unpaired) electrons. The average molecular weight is 322 g/mol. The van der Waals surface area contributed by atoms with Crippen LogP contribution in [0.4, 0.5) is 0 Å². The number of H-pyrrole nitrogens is 1. The van der Waals surface area contributed by atoms with Crippen molar-refractivity contribution in [3.8, 4) is 0 Å². The number of rotatable bonds is 2. The minimum Gasteiger partial charge on any atom is -0.338 e. The zero-order chi connectivity index (χ0) is 16.1. The highest BCUT2D eigenvalue weighted by atomic mass is 16.2. The Morgan fingerprint density at radius 2 is 2.08 bits per heavy atom. The summed E-state index contributed by atoms with van der Waals surface area (Å²) in [5.41, 5.74) is 5.19. The van der Waals surface area contributed by atoms with Crippen LogP contribution in [-0.2, 0) is 12.8 Å². The van der Waals surface area contributed by atoms with Crippen LogP contribution in [0.25, 0.3) is 5.65 Å². The summed E-state index contributed by atoms with van der Waals surface area (Å²) >= 11 is 0. The molecular weight excluding hydrogens is 304 g/mol. The molecule has 24 heavy (non-hydrogen) atoms. The second kappa shape index (κ2) is 5.15. The molecule has 1 N–H and O–H groups in total. The molecule has 1 aliphatic heterocycles. The molecule has 1 amide bonds. The van der Waals surface area contributed by atoms with Crippen molar-refractivity contribution in [1.29, 1.82) is 0 Å². The number of amides is 1. The molecule has 1 fully saturated rings. The number of nitrogens with one attached hydrogen (secondary N) is 1. The normalized spacial score (nSPS) is 17.8. The van der Waals surface area contributed by atoms with Crippen molar-refractivity contribution in [2.45, 2.75) is 31.6 Å². The number of nitrogens with zero attached hydrogens (tertiary/aromatic N) is 5. The molecule has 3 aromatic heterocycles. The SMILES string of the molecule is O=C(c1ccc2ncnn2c1)N1CCc2[nH]nc(C3CC3)c2CC1. The molecule has 1 saturated carbocycles. The monoisotopic (exact) mass is 322 g/mol. The fourth-order valence-corrected chi connectivity index (χ4v) is 3.53. The Morgan fingerprint density at radius 1 is 1.21 bits per heavy atom. The largest absolute Gasteiger partial charge is 0.338 e. The summed E-state index contributed by atoms with van der Waals surface area (Å²) in [5, 5.41) is 11.8. The third-order valence-electron chi connectivity index (χ3n) is 5.02. The first-order chi connectivity index (χ1) is 11.8. The van der Waals surface area contributed by atoms with Gasteiger partial charge >= 0.3 is 0 Å². The first-order valence-corrected chi connectivity index (χ1v) is 8.44. The van der Waals surface area contributed by atoms with Crippen LogP contribution in [0.5, 0.6) is 0 Å². The predicted molar refractivity (Wildman–Crippen MR) is 86.9 cm³/mol. The fourth-order valence-electron chi connectivity index (χ4n) is 3.53. The summed E-state index contributed by atoms with van der Waals surface area (Å²) in [6.07, 6.45) is 7.47. The van der Waals surface area contributed by atoms with Crippen LogP contribution >= 0.6 is 0 Å². The highest BCUT2D eigenvalue weighted by molar-refractivity contribution is 5.94. The molecule has 0 aromatic carbocycles. The highest BCUT2D eigenvalue weighted by Crippen LogP contribution is 2.41. The van der Waals surface area contributed by atoms with Gasteiger partial charge in [-0.15, -0.1) is 0 Å². The number of carbonyl (C=O) groups excluding carboxylic acids is 1. The third kappa shape index (κ3) is 2.19. The summed E-state index contributed by atoms with van der Waals surface area (Å²) < 4.78 is 1.64. The fraction of sp³-hybridized carbons (Fsp3) is 0.412. The van der Waals surface area contributed by atoms with E-state index in [0.29, 0.717) is 18.0 Å². The Balaban J connectivity index is 1.38. The second-order valence-electron chi connectivity index (χ2n) is 6.61. The van der Waals surface area contributed by atoms with Gasteiger partial charge in [-0.3, -0.25) is 9.89 Å². The van der Waals surface area contributed by atoms with Gasteiger partial charge in [0.05, 0.1) is 11.3 Å². The Hall–Kier alpha value is -2.70. The molecule has 7 heteroatoms. The molecular formula is C17H18N6O. The van der Waals surface area contributed by atoms with Crippen LogP contribution in [0.15, 0.2) is 24.7 Å². The van der Waals surface area contributed by atoms with Crippen LogP contribution in [-0.4, -0.2) is 48.7 Å². The quantitative estimate of drug-likeness (QED) is 0.777. The number of fused-ring (bicyclic) bond motifs is 2. The van der Waals surface area contributed by atoms with Gasteiger partial charge in [0.25, 0.3) is 5.91 Å². The molecule has 7 nitrogen and oxygen atoms in total. The molecule has 0 atom stereocenters. The zero-order valence-corrected chi connectivity index (χ0v) is 13.3. The van der Waals surface area contributed by atoms with E-state index in [1.807, 2.05) is 17.0 Å². The van der Waals surface area contributed by atoms with E-state index in [0.717, 1.165) is 25.0 Å². The molecule has 2 aliphatic rings. The van der Waals surface area contributed by atoms with E-state index < -0.39 is 0 Å². The molecule has 122 valence electrons. The molecule has 0 bridgehead atoms. The second-order valence-corrected chi connectivity index (χ2v) is 6.61. The summed E-state index contributed by atoms with van der Waals surface area (Å²) in [4.78, 5) is 18.9. The van der Waals surface area contributed by atoms with Gasteiger partial charge in [0.1, 0.15) is 6.33 Å². The van der Waals surface area contributed by atoms with Gasteiger partial charge in [-0.25, -0.2) is 9.50 Å².